The van der Waals surface area contributed by atoms with Gasteiger partial charge < -0.3 is 0 Å². The first-order chi connectivity index (χ1) is 7.74. The molecular weight excluding hydrogens is 192 g/mol. The zero-order valence-electron chi connectivity index (χ0n) is 11.1. The minimum atomic E-state index is 0.651. The zero-order chi connectivity index (χ0) is 11.8. The average Bonchev–Trinajstić information content (AvgIpc) is 2.29. The van der Waals surface area contributed by atoms with E-state index in [1.807, 2.05) is 0 Å². The van der Waals surface area contributed by atoms with Crippen LogP contribution in [-0.4, -0.2) is 0 Å². The Morgan fingerprint density at radius 3 is 2.06 bits per heavy atom. The molecule has 0 nitrogen and oxygen atoms in total. The van der Waals surface area contributed by atoms with Gasteiger partial charge in [0.2, 0.25) is 0 Å². The van der Waals surface area contributed by atoms with Crippen molar-refractivity contribution < 1.29 is 0 Å². The highest BCUT2D eigenvalue weighted by molar-refractivity contribution is 5.24. The van der Waals surface area contributed by atoms with Gasteiger partial charge in [0.15, 0.2) is 0 Å². The largest absolute Gasteiger partial charge is 0.0654 e. The molecule has 90 valence electrons. The van der Waals surface area contributed by atoms with Crippen LogP contribution in [0.4, 0.5) is 0 Å². The third kappa shape index (κ3) is 4.83. The third-order valence-electron chi connectivity index (χ3n) is 3.22. The van der Waals surface area contributed by atoms with E-state index in [0.29, 0.717) is 5.92 Å². The monoisotopic (exact) mass is 218 g/mol. The van der Waals surface area contributed by atoms with Crippen LogP contribution >= 0.6 is 0 Å². The lowest BCUT2D eigenvalue weighted by Gasteiger charge is -2.06. The van der Waals surface area contributed by atoms with E-state index in [1.54, 1.807) is 0 Å². The van der Waals surface area contributed by atoms with Crippen LogP contribution in [0.25, 0.3) is 0 Å². The van der Waals surface area contributed by atoms with Crippen LogP contribution in [0, 0.1) is 0 Å². The fourth-order valence-corrected chi connectivity index (χ4v) is 2.00. The number of rotatable bonds is 7. The molecule has 0 spiro atoms. The molecule has 0 aliphatic carbocycles. The molecule has 1 rings (SSSR count). The molecule has 0 amide bonds. The van der Waals surface area contributed by atoms with E-state index < -0.39 is 0 Å². The molecule has 0 saturated heterocycles. The van der Waals surface area contributed by atoms with Crippen molar-refractivity contribution in [2.24, 2.45) is 0 Å². The minimum Gasteiger partial charge on any atom is -0.0654 e. The summed E-state index contributed by atoms with van der Waals surface area (Å²) in [6.07, 6.45) is 8.12. The quantitative estimate of drug-likeness (QED) is 0.543. The average molecular weight is 218 g/mol. The van der Waals surface area contributed by atoms with Crippen LogP contribution in [0.2, 0.25) is 0 Å². The van der Waals surface area contributed by atoms with Gasteiger partial charge in [-0.1, -0.05) is 70.7 Å². The Balaban J connectivity index is 2.27. The van der Waals surface area contributed by atoms with E-state index >= 15 is 0 Å². The zero-order valence-corrected chi connectivity index (χ0v) is 11.1. The topological polar surface area (TPSA) is 0 Å². The first-order valence-electron chi connectivity index (χ1n) is 6.83. The molecule has 0 fully saturated rings. The smallest absolute Gasteiger partial charge is 0.0219 e. The maximum atomic E-state index is 2.30. The molecule has 1 aromatic carbocycles. The Labute approximate surface area is 101 Å². The minimum absolute atomic E-state index is 0.651. The number of benzene rings is 1. The molecule has 0 heteroatoms. The molecule has 0 aliphatic heterocycles. The number of hydrogen-bond acceptors (Lipinski definition) is 0. The van der Waals surface area contributed by atoms with Gasteiger partial charge in [0.05, 0.1) is 0 Å². The number of unbranched alkanes of at least 4 members (excludes halogenated alkanes) is 4. The van der Waals surface area contributed by atoms with Crippen molar-refractivity contribution in [1.29, 1.82) is 0 Å². The normalized spacial score (nSPS) is 11.0. The van der Waals surface area contributed by atoms with Gasteiger partial charge in [-0.25, -0.2) is 0 Å². The Morgan fingerprint density at radius 2 is 1.50 bits per heavy atom. The molecule has 0 atom stereocenters. The second-order valence-corrected chi connectivity index (χ2v) is 5.06. The second-order valence-electron chi connectivity index (χ2n) is 5.06. The van der Waals surface area contributed by atoms with Crippen molar-refractivity contribution in [1.82, 2.24) is 0 Å². The van der Waals surface area contributed by atoms with Gasteiger partial charge in [-0.15, -0.1) is 0 Å². The van der Waals surface area contributed by atoms with E-state index in [-0.39, 0.29) is 0 Å². The lowest BCUT2D eigenvalue weighted by Crippen LogP contribution is -1.90. The molecule has 0 bridgehead atoms. The Morgan fingerprint density at radius 1 is 0.875 bits per heavy atom. The van der Waals surface area contributed by atoms with Crippen LogP contribution < -0.4 is 0 Å². The molecule has 0 N–H and O–H groups in total. The van der Waals surface area contributed by atoms with Gasteiger partial charge in [0.25, 0.3) is 0 Å². The summed E-state index contributed by atoms with van der Waals surface area (Å²) < 4.78 is 0. The van der Waals surface area contributed by atoms with Gasteiger partial charge in [0.1, 0.15) is 0 Å². The Bertz CT molecular complexity index is 269. The first kappa shape index (κ1) is 13.3. The van der Waals surface area contributed by atoms with Crippen molar-refractivity contribution in [3.05, 3.63) is 35.4 Å². The van der Waals surface area contributed by atoms with Gasteiger partial charge in [0, 0.05) is 0 Å². The first-order valence-corrected chi connectivity index (χ1v) is 6.83. The summed E-state index contributed by atoms with van der Waals surface area (Å²) in [6.45, 7) is 6.77. The lowest BCUT2D eigenvalue weighted by atomic mass is 9.99. The number of hydrogen-bond donors (Lipinski definition) is 0. The van der Waals surface area contributed by atoms with Gasteiger partial charge in [-0.05, 0) is 29.9 Å². The van der Waals surface area contributed by atoms with Gasteiger partial charge >= 0.3 is 0 Å². The van der Waals surface area contributed by atoms with E-state index in [0.717, 1.165) is 0 Å². The summed E-state index contributed by atoms with van der Waals surface area (Å²) in [7, 11) is 0. The highest BCUT2D eigenvalue weighted by Gasteiger charge is 1.98. The van der Waals surface area contributed by atoms with Crippen molar-refractivity contribution in [2.45, 2.75) is 65.2 Å². The van der Waals surface area contributed by atoms with Crippen LogP contribution in [0.15, 0.2) is 24.3 Å². The van der Waals surface area contributed by atoms with E-state index in [9.17, 15) is 0 Å². The summed E-state index contributed by atoms with van der Waals surface area (Å²) in [6, 6.07) is 9.17. The summed E-state index contributed by atoms with van der Waals surface area (Å²) in [4.78, 5) is 0. The summed E-state index contributed by atoms with van der Waals surface area (Å²) in [5.41, 5.74) is 2.95. The summed E-state index contributed by atoms with van der Waals surface area (Å²) >= 11 is 0. The third-order valence-corrected chi connectivity index (χ3v) is 3.22. The van der Waals surface area contributed by atoms with Crippen LogP contribution in [0.5, 0.6) is 0 Å². The highest BCUT2D eigenvalue weighted by Crippen LogP contribution is 2.16. The van der Waals surface area contributed by atoms with Crippen molar-refractivity contribution >= 4 is 0 Å². The molecule has 0 aliphatic rings. The fraction of sp³-hybridized carbons (Fsp3) is 0.625. The van der Waals surface area contributed by atoms with Gasteiger partial charge in [-0.3, -0.25) is 0 Å². The molecule has 0 unspecified atom stereocenters. The Hall–Kier alpha value is -0.780. The fourth-order valence-electron chi connectivity index (χ4n) is 2.00. The van der Waals surface area contributed by atoms with Gasteiger partial charge in [-0.2, -0.15) is 0 Å². The molecule has 1 aromatic rings. The van der Waals surface area contributed by atoms with Crippen LogP contribution in [0.1, 0.15) is 69.9 Å². The molecule has 0 radical (unpaired) electrons. The van der Waals surface area contributed by atoms with Crippen molar-refractivity contribution in [2.75, 3.05) is 0 Å². The van der Waals surface area contributed by atoms with E-state index in [2.05, 4.69) is 45.0 Å². The predicted molar refractivity (Wildman–Crippen MR) is 73.0 cm³/mol. The second kappa shape index (κ2) is 7.49. The lowest BCUT2D eigenvalue weighted by molar-refractivity contribution is 0.632. The van der Waals surface area contributed by atoms with E-state index in [4.69, 9.17) is 0 Å². The molecule has 0 aromatic heterocycles. The maximum Gasteiger partial charge on any atom is -0.0219 e. The van der Waals surface area contributed by atoms with E-state index in [1.165, 1.54) is 49.7 Å². The standard InChI is InChI=1S/C16H26/c1-4-5-6-7-8-9-15-10-12-16(13-11-15)14(2)3/h10-14H,4-9H2,1-3H3. The Kier molecular flexibility index (Phi) is 6.22. The molecular formula is C16H26. The predicted octanol–water partition coefficient (Wildman–Crippen LogP) is 5.32. The van der Waals surface area contributed by atoms with Crippen molar-refractivity contribution in [3.63, 3.8) is 0 Å². The number of aryl methyl sites for hydroxylation is 1. The summed E-state index contributed by atoms with van der Waals surface area (Å²) in [5, 5.41) is 0. The molecule has 0 saturated carbocycles. The SMILES string of the molecule is CCCCCCCc1ccc(C(C)C)cc1. The maximum absolute atomic E-state index is 2.30. The molecule has 16 heavy (non-hydrogen) atoms. The van der Waals surface area contributed by atoms with Crippen LogP contribution in [-0.2, 0) is 6.42 Å². The highest BCUT2D eigenvalue weighted by atomic mass is 14.0. The van der Waals surface area contributed by atoms with Crippen molar-refractivity contribution in [3.8, 4) is 0 Å². The molecule has 0 heterocycles. The summed E-state index contributed by atoms with van der Waals surface area (Å²) in [5.74, 6) is 0.651. The van der Waals surface area contributed by atoms with Crippen LogP contribution in [0.3, 0.4) is 0 Å².